The third kappa shape index (κ3) is 4.37. The summed E-state index contributed by atoms with van der Waals surface area (Å²) in [6.45, 7) is 6.06. The molecule has 0 saturated carbocycles. The highest BCUT2D eigenvalue weighted by Crippen LogP contribution is 2.32. The summed E-state index contributed by atoms with van der Waals surface area (Å²) in [6, 6.07) is 12.2. The van der Waals surface area contributed by atoms with Crippen LogP contribution in [-0.2, 0) is 4.74 Å². The van der Waals surface area contributed by atoms with Gasteiger partial charge in [0.2, 0.25) is 0 Å². The van der Waals surface area contributed by atoms with Crippen molar-refractivity contribution in [1.82, 2.24) is 9.88 Å². The lowest BCUT2D eigenvalue weighted by Gasteiger charge is -2.36. The Bertz CT molecular complexity index is 989. The van der Waals surface area contributed by atoms with E-state index in [1.165, 1.54) is 4.88 Å². The number of benzene rings is 1. The molecule has 4 rings (SSSR count). The first kappa shape index (κ1) is 20.5. The molecule has 7 heteroatoms. The number of rotatable bonds is 7. The van der Waals surface area contributed by atoms with Gasteiger partial charge in [0.05, 0.1) is 17.9 Å². The fourth-order valence-electron chi connectivity index (χ4n) is 3.72. The van der Waals surface area contributed by atoms with Crippen molar-refractivity contribution in [3.05, 3.63) is 59.2 Å². The molecule has 3 heterocycles. The van der Waals surface area contributed by atoms with Gasteiger partial charge in [-0.1, -0.05) is 12.1 Å². The third-order valence-corrected chi connectivity index (χ3v) is 6.33. The molecule has 1 amide bonds. The van der Waals surface area contributed by atoms with Crippen LogP contribution in [0.15, 0.2) is 48.8 Å². The molecule has 1 saturated heterocycles. The summed E-state index contributed by atoms with van der Waals surface area (Å²) < 4.78 is 11.0. The van der Waals surface area contributed by atoms with Crippen LogP contribution in [0.4, 0.5) is 5.69 Å². The van der Waals surface area contributed by atoms with Gasteiger partial charge in [-0.15, -0.1) is 11.3 Å². The minimum Gasteiger partial charge on any atom is -0.489 e. The summed E-state index contributed by atoms with van der Waals surface area (Å²) in [6.07, 6.45) is 3.74. The summed E-state index contributed by atoms with van der Waals surface area (Å²) in [7, 11) is 1.67. The van der Waals surface area contributed by atoms with Gasteiger partial charge in [-0.25, -0.2) is 0 Å². The van der Waals surface area contributed by atoms with E-state index >= 15 is 0 Å². The number of anilines is 1. The van der Waals surface area contributed by atoms with Crippen LogP contribution in [0.2, 0.25) is 0 Å². The zero-order valence-corrected chi connectivity index (χ0v) is 18.2. The van der Waals surface area contributed by atoms with E-state index < -0.39 is 0 Å². The summed E-state index contributed by atoms with van der Waals surface area (Å²) in [5.74, 6) is 0.942. The Morgan fingerprint density at radius 2 is 1.87 bits per heavy atom. The summed E-state index contributed by atoms with van der Waals surface area (Å²) in [5.41, 5.74) is 2.79. The molecule has 1 fully saturated rings. The van der Waals surface area contributed by atoms with Crippen LogP contribution >= 0.6 is 11.3 Å². The first-order chi connectivity index (χ1) is 14.7. The van der Waals surface area contributed by atoms with E-state index in [9.17, 15) is 4.79 Å². The van der Waals surface area contributed by atoms with Crippen LogP contribution in [0.5, 0.6) is 5.75 Å². The first-order valence-electron chi connectivity index (χ1n) is 10.2. The number of hydrogen-bond acceptors (Lipinski definition) is 5. The van der Waals surface area contributed by atoms with E-state index in [2.05, 4.69) is 35.0 Å². The number of H-pyrrole nitrogens is 1. The highest BCUT2D eigenvalue weighted by Gasteiger charge is 2.26. The monoisotopic (exact) mass is 425 g/mol. The van der Waals surface area contributed by atoms with Crippen molar-refractivity contribution in [2.45, 2.75) is 6.92 Å². The van der Waals surface area contributed by atoms with Crippen LogP contribution in [0, 0.1) is 6.92 Å². The average Bonchev–Trinajstić information content (AvgIpc) is 3.43. The molecule has 6 nitrogen and oxygen atoms in total. The molecule has 3 aromatic rings. The van der Waals surface area contributed by atoms with Crippen molar-refractivity contribution < 1.29 is 14.3 Å². The minimum atomic E-state index is 0.0848. The highest BCUT2D eigenvalue weighted by molar-refractivity contribution is 7.15. The number of aromatic nitrogens is 1. The zero-order chi connectivity index (χ0) is 20.9. The second-order valence-electron chi connectivity index (χ2n) is 7.28. The molecule has 2 aromatic heterocycles. The Labute approximate surface area is 181 Å². The predicted octanol–water partition coefficient (Wildman–Crippen LogP) is 4.04. The highest BCUT2D eigenvalue weighted by atomic mass is 32.1. The molecule has 0 atom stereocenters. The number of para-hydroxylation sites is 2. The average molecular weight is 426 g/mol. The summed E-state index contributed by atoms with van der Waals surface area (Å²) in [5, 5.41) is 0. The molecule has 0 spiro atoms. The van der Waals surface area contributed by atoms with E-state index in [1.54, 1.807) is 18.4 Å². The van der Waals surface area contributed by atoms with Gasteiger partial charge < -0.3 is 24.3 Å². The number of nitrogens with one attached hydrogen (secondary N) is 1. The van der Waals surface area contributed by atoms with Crippen molar-refractivity contribution in [1.29, 1.82) is 0 Å². The van der Waals surface area contributed by atoms with E-state index in [0.717, 1.165) is 40.5 Å². The van der Waals surface area contributed by atoms with Gasteiger partial charge in [0, 0.05) is 61.0 Å². The molecule has 1 aliphatic rings. The van der Waals surface area contributed by atoms with Crippen LogP contribution in [0.25, 0.3) is 10.4 Å². The van der Waals surface area contributed by atoms with E-state index in [1.807, 2.05) is 35.5 Å². The van der Waals surface area contributed by atoms with Crippen molar-refractivity contribution >= 4 is 22.9 Å². The Balaban J connectivity index is 1.42. The number of aryl methyl sites for hydroxylation is 1. The fourth-order valence-corrected chi connectivity index (χ4v) is 4.62. The molecule has 0 radical (unpaired) electrons. The second-order valence-corrected chi connectivity index (χ2v) is 8.57. The number of nitrogens with zero attached hydrogens (tertiary/aromatic N) is 2. The molecular formula is C23H27N3O3S. The zero-order valence-electron chi connectivity index (χ0n) is 17.4. The van der Waals surface area contributed by atoms with Crippen LogP contribution in [0.3, 0.4) is 0 Å². The van der Waals surface area contributed by atoms with Gasteiger partial charge in [-0.2, -0.15) is 0 Å². The van der Waals surface area contributed by atoms with Gasteiger partial charge in [-0.3, -0.25) is 4.79 Å². The van der Waals surface area contributed by atoms with Gasteiger partial charge >= 0.3 is 0 Å². The number of ether oxygens (including phenoxy) is 2. The summed E-state index contributed by atoms with van der Waals surface area (Å²) in [4.78, 5) is 22.9. The number of methoxy groups -OCH3 is 1. The van der Waals surface area contributed by atoms with E-state index in [0.29, 0.717) is 26.3 Å². The van der Waals surface area contributed by atoms with Gasteiger partial charge in [0.25, 0.3) is 5.91 Å². The quantitative estimate of drug-likeness (QED) is 0.581. The smallest absolute Gasteiger partial charge is 0.256 e. The number of carbonyl (C=O) groups excluding carboxylic acids is 1. The molecule has 30 heavy (non-hydrogen) atoms. The molecule has 0 aliphatic carbocycles. The largest absolute Gasteiger partial charge is 0.489 e. The summed E-state index contributed by atoms with van der Waals surface area (Å²) >= 11 is 1.71. The number of thiophene rings is 1. The molecule has 0 bridgehead atoms. The molecule has 1 N–H and O–H groups in total. The number of carbonyl (C=O) groups is 1. The number of piperazine rings is 1. The van der Waals surface area contributed by atoms with E-state index in [-0.39, 0.29) is 5.91 Å². The molecule has 0 unspecified atom stereocenters. The van der Waals surface area contributed by atoms with Crippen LogP contribution < -0.4 is 9.64 Å². The standard InChI is InChI=1S/C23H27N3O3S/c1-17-7-8-22(30-17)18-15-24-16-19(18)23(27)26-11-9-25(10-12-26)20-5-3-4-6-21(20)29-14-13-28-2/h3-8,15-16,24H,9-14H2,1-2H3. The maximum absolute atomic E-state index is 13.2. The Hall–Kier alpha value is -2.77. The fraction of sp³-hybridized carbons (Fsp3) is 0.348. The minimum absolute atomic E-state index is 0.0848. The van der Waals surface area contributed by atoms with Crippen molar-refractivity contribution in [2.75, 3.05) is 51.4 Å². The first-order valence-corrected chi connectivity index (χ1v) is 11.0. The molecule has 1 aliphatic heterocycles. The second kappa shape index (κ2) is 9.36. The third-order valence-electron chi connectivity index (χ3n) is 5.30. The van der Waals surface area contributed by atoms with Gasteiger partial charge in [-0.05, 0) is 31.2 Å². The predicted molar refractivity (Wildman–Crippen MR) is 121 cm³/mol. The lowest BCUT2D eigenvalue weighted by Crippen LogP contribution is -2.48. The van der Waals surface area contributed by atoms with Crippen LogP contribution in [0.1, 0.15) is 15.2 Å². The Morgan fingerprint density at radius 3 is 2.60 bits per heavy atom. The lowest BCUT2D eigenvalue weighted by molar-refractivity contribution is 0.0747. The number of hydrogen-bond donors (Lipinski definition) is 1. The molecule has 1 aromatic carbocycles. The van der Waals surface area contributed by atoms with Crippen molar-refractivity contribution in [2.24, 2.45) is 0 Å². The Morgan fingerprint density at radius 1 is 1.07 bits per heavy atom. The molecular weight excluding hydrogens is 398 g/mol. The van der Waals surface area contributed by atoms with E-state index in [4.69, 9.17) is 9.47 Å². The van der Waals surface area contributed by atoms with Crippen molar-refractivity contribution in [3.8, 4) is 16.2 Å². The maximum atomic E-state index is 13.2. The Kier molecular flexibility index (Phi) is 6.40. The molecule has 158 valence electrons. The lowest BCUT2D eigenvalue weighted by atomic mass is 10.1. The maximum Gasteiger partial charge on any atom is 0.256 e. The number of amides is 1. The SMILES string of the molecule is COCCOc1ccccc1N1CCN(C(=O)c2c[nH]cc2-c2ccc(C)s2)CC1. The van der Waals surface area contributed by atoms with Crippen molar-refractivity contribution in [3.63, 3.8) is 0 Å². The van der Waals surface area contributed by atoms with Crippen LogP contribution in [-0.4, -0.2) is 62.3 Å². The van der Waals surface area contributed by atoms with Gasteiger partial charge in [0.15, 0.2) is 0 Å². The van der Waals surface area contributed by atoms with Gasteiger partial charge in [0.1, 0.15) is 12.4 Å². The number of aromatic amines is 1. The topological polar surface area (TPSA) is 57.8 Å². The normalized spacial score (nSPS) is 14.2.